The minimum Gasteiger partial charge on any atom is -0.467 e. The molecule has 2 rings (SSSR count). The number of benzene rings is 1. The monoisotopic (exact) mass is 221 g/mol. The third-order valence-corrected chi connectivity index (χ3v) is 2.67. The first-order valence-electron chi connectivity index (χ1n) is 4.73. The van der Waals surface area contributed by atoms with Crippen LogP contribution in [0.25, 0.3) is 0 Å². The second-order valence-corrected chi connectivity index (χ2v) is 3.93. The Morgan fingerprint density at radius 3 is 2.73 bits per heavy atom. The molecule has 2 nitrogen and oxygen atoms in total. The molecule has 1 aromatic heterocycles. The molecule has 0 radical (unpaired) electrons. The summed E-state index contributed by atoms with van der Waals surface area (Å²) in [4.78, 5) is 0. The van der Waals surface area contributed by atoms with Crippen molar-refractivity contribution in [3.63, 3.8) is 0 Å². The van der Waals surface area contributed by atoms with E-state index >= 15 is 0 Å². The number of rotatable bonds is 2. The summed E-state index contributed by atoms with van der Waals surface area (Å²) >= 11 is 6.12. The largest absolute Gasteiger partial charge is 0.467 e. The van der Waals surface area contributed by atoms with Crippen LogP contribution < -0.4 is 5.73 Å². The van der Waals surface area contributed by atoms with Crippen molar-refractivity contribution in [3.8, 4) is 0 Å². The molecule has 1 unspecified atom stereocenters. The summed E-state index contributed by atoms with van der Waals surface area (Å²) in [6.07, 6.45) is 1.61. The van der Waals surface area contributed by atoms with Crippen LogP contribution in [0.5, 0.6) is 0 Å². The maximum atomic E-state index is 6.12. The fraction of sp³-hybridized carbons (Fsp3) is 0.167. The van der Waals surface area contributed by atoms with Gasteiger partial charge in [0, 0.05) is 5.02 Å². The third-order valence-electron chi connectivity index (χ3n) is 2.34. The van der Waals surface area contributed by atoms with E-state index in [1.165, 1.54) is 0 Å². The average Bonchev–Trinajstić information content (AvgIpc) is 2.69. The second-order valence-electron chi connectivity index (χ2n) is 3.52. The van der Waals surface area contributed by atoms with Gasteiger partial charge in [0.25, 0.3) is 0 Å². The van der Waals surface area contributed by atoms with Crippen molar-refractivity contribution < 1.29 is 4.42 Å². The maximum Gasteiger partial charge on any atom is 0.125 e. The van der Waals surface area contributed by atoms with Crippen molar-refractivity contribution in [2.45, 2.75) is 13.0 Å². The van der Waals surface area contributed by atoms with Gasteiger partial charge in [-0.1, -0.05) is 23.7 Å². The predicted molar refractivity (Wildman–Crippen MR) is 60.9 cm³/mol. The molecule has 2 N–H and O–H groups in total. The van der Waals surface area contributed by atoms with Gasteiger partial charge in [0.15, 0.2) is 0 Å². The van der Waals surface area contributed by atoms with Crippen LogP contribution in [-0.2, 0) is 0 Å². The van der Waals surface area contributed by atoms with Gasteiger partial charge in [0.05, 0.1) is 12.3 Å². The number of halogens is 1. The molecule has 0 saturated heterocycles. The summed E-state index contributed by atoms with van der Waals surface area (Å²) in [5.74, 6) is 0.723. The Morgan fingerprint density at radius 2 is 2.13 bits per heavy atom. The van der Waals surface area contributed by atoms with Crippen LogP contribution in [0.2, 0.25) is 5.02 Å². The number of hydrogen-bond donors (Lipinski definition) is 1. The van der Waals surface area contributed by atoms with Crippen molar-refractivity contribution in [1.82, 2.24) is 0 Å². The number of furan rings is 1. The molecule has 78 valence electrons. The first-order valence-corrected chi connectivity index (χ1v) is 5.11. The summed E-state index contributed by atoms with van der Waals surface area (Å²) in [5.41, 5.74) is 8.04. The molecule has 0 bridgehead atoms. The Morgan fingerprint density at radius 1 is 1.33 bits per heavy atom. The summed E-state index contributed by atoms with van der Waals surface area (Å²) < 4.78 is 5.25. The lowest BCUT2D eigenvalue weighted by atomic mass is 10.0. The molecule has 0 spiro atoms. The van der Waals surface area contributed by atoms with Gasteiger partial charge < -0.3 is 10.2 Å². The summed E-state index contributed by atoms with van der Waals surface area (Å²) in [5, 5.41) is 0.680. The van der Waals surface area contributed by atoms with E-state index in [0.29, 0.717) is 5.02 Å². The molecule has 0 aliphatic carbocycles. The Balaban J connectivity index is 2.38. The van der Waals surface area contributed by atoms with E-state index in [9.17, 15) is 0 Å². The molecule has 15 heavy (non-hydrogen) atoms. The molecule has 0 aliphatic rings. The first-order chi connectivity index (χ1) is 7.18. The average molecular weight is 222 g/mol. The van der Waals surface area contributed by atoms with Crippen LogP contribution in [0.15, 0.2) is 41.0 Å². The van der Waals surface area contributed by atoms with E-state index in [-0.39, 0.29) is 6.04 Å². The second kappa shape index (κ2) is 4.09. The normalized spacial score (nSPS) is 12.7. The number of hydrogen-bond acceptors (Lipinski definition) is 2. The van der Waals surface area contributed by atoms with Gasteiger partial charge in [-0.25, -0.2) is 0 Å². The van der Waals surface area contributed by atoms with Gasteiger partial charge in [-0.15, -0.1) is 0 Å². The van der Waals surface area contributed by atoms with Crippen LogP contribution in [0.4, 0.5) is 0 Å². The molecule has 0 amide bonds. The van der Waals surface area contributed by atoms with E-state index in [1.807, 2.05) is 37.3 Å². The van der Waals surface area contributed by atoms with Crippen LogP contribution in [0, 0.1) is 6.92 Å². The topological polar surface area (TPSA) is 39.2 Å². The molecular weight excluding hydrogens is 210 g/mol. The van der Waals surface area contributed by atoms with Crippen LogP contribution in [-0.4, -0.2) is 0 Å². The fourth-order valence-electron chi connectivity index (χ4n) is 1.51. The minimum atomic E-state index is -0.298. The molecule has 3 heteroatoms. The zero-order chi connectivity index (χ0) is 10.8. The molecule has 0 aliphatic heterocycles. The number of nitrogens with two attached hydrogens (primary N) is 1. The van der Waals surface area contributed by atoms with Crippen molar-refractivity contribution in [2.24, 2.45) is 5.73 Å². The van der Waals surface area contributed by atoms with Crippen molar-refractivity contribution in [1.29, 1.82) is 0 Å². The highest BCUT2D eigenvalue weighted by molar-refractivity contribution is 6.31. The molecule has 2 aromatic rings. The standard InChI is InChI=1S/C12H12ClNO/c1-8-4-5-9(10(13)7-8)12(14)11-3-2-6-15-11/h2-7,12H,14H2,1H3. The summed E-state index contributed by atoms with van der Waals surface area (Å²) in [7, 11) is 0. The molecule has 1 heterocycles. The summed E-state index contributed by atoms with van der Waals surface area (Å²) in [6.45, 7) is 1.99. The van der Waals surface area contributed by atoms with Crippen LogP contribution in [0.3, 0.4) is 0 Å². The quantitative estimate of drug-likeness (QED) is 0.845. The Bertz CT molecular complexity index is 451. The van der Waals surface area contributed by atoms with Crippen LogP contribution in [0.1, 0.15) is 22.9 Å². The van der Waals surface area contributed by atoms with Gasteiger partial charge in [0.2, 0.25) is 0 Å². The van der Waals surface area contributed by atoms with E-state index in [2.05, 4.69) is 0 Å². The van der Waals surface area contributed by atoms with E-state index < -0.39 is 0 Å². The summed E-state index contributed by atoms with van der Waals surface area (Å²) in [6, 6.07) is 9.19. The van der Waals surface area contributed by atoms with Crippen LogP contribution >= 0.6 is 11.6 Å². The van der Waals surface area contributed by atoms with Gasteiger partial charge in [-0.05, 0) is 36.2 Å². The highest BCUT2D eigenvalue weighted by Crippen LogP contribution is 2.27. The lowest BCUT2D eigenvalue weighted by Gasteiger charge is -2.11. The predicted octanol–water partition coefficient (Wildman–Crippen LogP) is 3.29. The van der Waals surface area contributed by atoms with Crippen molar-refractivity contribution in [2.75, 3.05) is 0 Å². The maximum absolute atomic E-state index is 6.12. The third kappa shape index (κ3) is 2.06. The minimum absolute atomic E-state index is 0.298. The Kier molecular flexibility index (Phi) is 2.80. The first kappa shape index (κ1) is 10.3. The van der Waals surface area contributed by atoms with Gasteiger partial charge in [-0.2, -0.15) is 0 Å². The molecule has 0 fully saturated rings. The lowest BCUT2D eigenvalue weighted by molar-refractivity contribution is 0.490. The van der Waals surface area contributed by atoms with Gasteiger partial charge in [0.1, 0.15) is 5.76 Å². The SMILES string of the molecule is Cc1ccc(C(N)c2ccco2)c(Cl)c1. The smallest absolute Gasteiger partial charge is 0.125 e. The highest BCUT2D eigenvalue weighted by Gasteiger charge is 2.14. The molecule has 0 saturated carbocycles. The zero-order valence-electron chi connectivity index (χ0n) is 8.41. The fourth-order valence-corrected chi connectivity index (χ4v) is 1.86. The molecule has 1 atom stereocenters. The van der Waals surface area contributed by atoms with Crippen molar-refractivity contribution >= 4 is 11.6 Å². The van der Waals surface area contributed by atoms with E-state index in [4.69, 9.17) is 21.8 Å². The Hall–Kier alpha value is -1.25. The number of aryl methyl sites for hydroxylation is 1. The van der Waals surface area contributed by atoms with E-state index in [1.54, 1.807) is 6.26 Å². The van der Waals surface area contributed by atoms with Gasteiger partial charge >= 0.3 is 0 Å². The molecule has 1 aromatic carbocycles. The highest BCUT2D eigenvalue weighted by atomic mass is 35.5. The van der Waals surface area contributed by atoms with Gasteiger partial charge in [-0.3, -0.25) is 0 Å². The Labute approximate surface area is 93.7 Å². The van der Waals surface area contributed by atoms with Crippen molar-refractivity contribution in [3.05, 3.63) is 58.5 Å². The molecular formula is C12H12ClNO. The zero-order valence-corrected chi connectivity index (χ0v) is 9.16. The van der Waals surface area contributed by atoms with E-state index in [0.717, 1.165) is 16.9 Å². The lowest BCUT2D eigenvalue weighted by Crippen LogP contribution is -2.11.